The highest BCUT2D eigenvalue weighted by molar-refractivity contribution is 7.80. The third kappa shape index (κ3) is 5.74. The number of hydrogen-bond donors (Lipinski definition) is 2. The second-order valence-electron chi connectivity index (χ2n) is 9.74. The Balaban J connectivity index is 1.50. The van der Waals surface area contributed by atoms with Crippen molar-refractivity contribution >= 4 is 34.9 Å². The van der Waals surface area contributed by atoms with E-state index in [4.69, 9.17) is 22.2 Å². The van der Waals surface area contributed by atoms with Gasteiger partial charge in [-0.3, -0.25) is 0 Å². The predicted octanol–water partition coefficient (Wildman–Crippen LogP) is 4.57. The van der Waals surface area contributed by atoms with E-state index in [2.05, 4.69) is 40.3 Å². The Bertz CT molecular complexity index is 702. The highest BCUT2D eigenvalue weighted by Gasteiger charge is 2.25. The Morgan fingerprint density at radius 3 is 2.13 bits per heavy atom. The molecule has 2 atom stereocenters. The maximum atomic E-state index is 5.65. The third-order valence-corrected chi connectivity index (χ3v) is 6.96. The lowest BCUT2D eigenvalue weighted by atomic mass is 9.92. The van der Waals surface area contributed by atoms with E-state index in [1.54, 1.807) is 0 Å². The Labute approximate surface area is 187 Å². The molecule has 166 valence electrons. The summed E-state index contributed by atoms with van der Waals surface area (Å²) < 4.78 is 0. The van der Waals surface area contributed by atoms with E-state index in [1.165, 1.54) is 57.8 Å². The molecule has 3 fully saturated rings. The summed E-state index contributed by atoms with van der Waals surface area (Å²) >= 11 is 5.65. The zero-order valence-corrected chi connectivity index (χ0v) is 19.5. The SMILES string of the molecule is C[C@@H]1C[C@H](C)CN(c2cc(N3CCCC3)nc(NC(=S)NC3CCCCCC3)n2)C1. The molecule has 6 nitrogen and oxygen atoms in total. The second kappa shape index (κ2) is 10.1. The molecule has 2 N–H and O–H groups in total. The van der Waals surface area contributed by atoms with Gasteiger partial charge in [0, 0.05) is 38.3 Å². The summed E-state index contributed by atoms with van der Waals surface area (Å²) in [5.41, 5.74) is 0. The Hall–Kier alpha value is -1.63. The maximum Gasteiger partial charge on any atom is 0.232 e. The molecule has 7 heteroatoms. The molecular weight excluding hydrogens is 392 g/mol. The molecule has 2 aliphatic heterocycles. The monoisotopic (exact) mass is 430 g/mol. The van der Waals surface area contributed by atoms with Crippen LogP contribution in [-0.2, 0) is 0 Å². The second-order valence-corrected chi connectivity index (χ2v) is 10.1. The molecule has 0 unspecified atom stereocenters. The van der Waals surface area contributed by atoms with Crippen LogP contribution in [0.15, 0.2) is 6.07 Å². The quantitative estimate of drug-likeness (QED) is 0.536. The minimum Gasteiger partial charge on any atom is -0.360 e. The lowest BCUT2D eigenvalue weighted by Crippen LogP contribution is -2.40. The number of rotatable bonds is 4. The summed E-state index contributed by atoms with van der Waals surface area (Å²) in [5, 5.41) is 7.50. The molecule has 4 rings (SSSR count). The number of aromatic nitrogens is 2. The van der Waals surface area contributed by atoms with Crippen LogP contribution in [0.3, 0.4) is 0 Å². The van der Waals surface area contributed by atoms with Crippen LogP contribution in [0, 0.1) is 11.8 Å². The van der Waals surface area contributed by atoms with Crippen molar-refractivity contribution in [3.8, 4) is 0 Å². The van der Waals surface area contributed by atoms with E-state index in [9.17, 15) is 0 Å². The van der Waals surface area contributed by atoms with Gasteiger partial charge in [-0.2, -0.15) is 9.97 Å². The fraction of sp³-hybridized carbons (Fsp3) is 0.783. The van der Waals surface area contributed by atoms with Gasteiger partial charge in [0.25, 0.3) is 0 Å². The van der Waals surface area contributed by atoms with Crippen molar-refractivity contribution < 1.29 is 0 Å². The smallest absolute Gasteiger partial charge is 0.232 e. The molecule has 0 spiro atoms. The topological polar surface area (TPSA) is 56.3 Å². The summed E-state index contributed by atoms with van der Waals surface area (Å²) in [6.45, 7) is 8.96. The molecule has 3 aliphatic rings. The predicted molar refractivity (Wildman–Crippen MR) is 129 cm³/mol. The van der Waals surface area contributed by atoms with Crippen LogP contribution in [0.2, 0.25) is 0 Å². The molecule has 3 heterocycles. The van der Waals surface area contributed by atoms with Gasteiger partial charge < -0.3 is 20.4 Å². The molecule has 0 radical (unpaired) electrons. The average Bonchev–Trinajstić information content (AvgIpc) is 3.13. The molecular formula is C23H38N6S. The first kappa shape index (κ1) is 21.6. The Kier molecular flexibility index (Phi) is 7.28. The molecule has 1 aliphatic carbocycles. The van der Waals surface area contributed by atoms with Gasteiger partial charge in [0.15, 0.2) is 5.11 Å². The third-order valence-electron chi connectivity index (χ3n) is 6.74. The first-order valence-corrected chi connectivity index (χ1v) is 12.4. The Morgan fingerprint density at radius 2 is 1.50 bits per heavy atom. The zero-order valence-electron chi connectivity index (χ0n) is 18.7. The largest absolute Gasteiger partial charge is 0.360 e. The molecule has 0 bridgehead atoms. The molecule has 2 saturated heterocycles. The van der Waals surface area contributed by atoms with Gasteiger partial charge in [0.1, 0.15) is 11.6 Å². The first-order valence-electron chi connectivity index (χ1n) is 12.0. The average molecular weight is 431 g/mol. The molecule has 0 amide bonds. The van der Waals surface area contributed by atoms with Crippen molar-refractivity contribution in [1.82, 2.24) is 15.3 Å². The molecule has 1 aromatic rings. The van der Waals surface area contributed by atoms with Gasteiger partial charge in [-0.1, -0.05) is 39.5 Å². The van der Waals surface area contributed by atoms with Gasteiger partial charge >= 0.3 is 0 Å². The van der Waals surface area contributed by atoms with E-state index in [1.807, 2.05) is 0 Å². The van der Waals surface area contributed by atoms with Crippen LogP contribution >= 0.6 is 12.2 Å². The number of nitrogens with zero attached hydrogens (tertiary/aromatic N) is 4. The number of nitrogens with one attached hydrogen (secondary N) is 2. The van der Waals surface area contributed by atoms with E-state index in [0.29, 0.717) is 28.9 Å². The van der Waals surface area contributed by atoms with E-state index >= 15 is 0 Å². The van der Waals surface area contributed by atoms with Gasteiger partial charge in [-0.05, 0) is 56.2 Å². The number of piperidine rings is 1. The van der Waals surface area contributed by atoms with Crippen LogP contribution in [0.25, 0.3) is 0 Å². The number of thiocarbonyl (C=S) groups is 1. The van der Waals surface area contributed by atoms with Crippen molar-refractivity contribution in [3.63, 3.8) is 0 Å². The maximum absolute atomic E-state index is 5.65. The van der Waals surface area contributed by atoms with Crippen molar-refractivity contribution in [3.05, 3.63) is 6.07 Å². The lowest BCUT2D eigenvalue weighted by Gasteiger charge is -2.36. The minimum atomic E-state index is 0.470. The van der Waals surface area contributed by atoms with Crippen molar-refractivity contribution in [2.24, 2.45) is 11.8 Å². The van der Waals surface area contributed by atoms with Gasteiger partial charge in [-0.25, -0.2) is 0 Å². The van der Waals surface area contributed by atoms with Crippen LogP contribution in [-0.4, -0.2) is 47.3 Å². The van der Waals surface area contributed by atoms with Crippen LogP contribution in [0.4, 0.5) is 17.6 Å². The molecule has 1 aromatic heterocycles. The summed E-state index contributed by atoms with van der Waals surface area (Å²) in [6.07, 6.45) is 11.4. The summed E-state index contributed by atoms with van der Waals surface area (Å²) in [5.74, 6) is 4.07. The molecule has 30 heavy (non-hydrogen) atoms. The summed E-state index contributed by atoms with van der Waals surface area (Å²) in [6, 6.07) is 2.65. The van der Waals surface area contributed by atoms with Crippen molar-refractivity contribution in [1.29, 1.82) is 0 Å². The molecule has 0 aromatic carbocycles. The summed E-state index contributed by atoms with van der Waals surface area (Å²) in [4.78, 5) is 14.6. The number of hydrogen-bond acceptors (Lipinski definition) is 5. The van der Waals surface area contributed by atoms with Gasteiger partial charge in [0.2, 0.25) is 5.95 Å². The highest BCUT2D eigenvalue weighted by atomic mass is 32.1. The normalized spacial score (nSPS) is 25.8. The highest BCUT2D eigenvalue weighted by Crippen LogP contribution is 2.29. The summed E-state index contributed by atoms with van der Waals surface area (Å²) in [7, 11) is 0. The van der Waals surface area contributed by atoms with Crippen LogP contribution in [0.5, 0.6) is 0 Å². The number of anilines is 3. The zero-order chi connectivity index (χ0) is 20.9. The molecule has 1 saturated carbocycles. The van der Waals surface area contributed by atoms with Crippen molar-refractivity contribution in [2.45, 2.75) is 77.7 Å². The lowest BCUT2D eigenvalue weighted by molar-refractivity contribution is 0.355. The van der Waals surface area contributed by atoms with Crippen molar-refractivity contribution in [2.75, 3.05) is 41.3 Å². The van der Waals surface area contributed by atoms with E-state index < -0.39 is 0 Å². The van der Waals surface area contributed by atoms with E-state index in [0.717, 1.165) is 37.8 Å². The van der Waals surface area contributed by atoms with Gasteiger partial charge in [-0.15, -0.1) is 0 Å². The van der Waals surface area contributed by atoms with Crippen LogP contribution < -0.4 is 20.4 Å². The standard InChI is InChI=1S/C23H38N6S/c1-17-13-18(2)16-29(15-17)21-14-20(28-11-7-8-12-28)25-22(26-21)27-23(30)24-19-9-5-3-4-6-10-19/h14,17-19H,3-13,15-16H2,1-2H3,(H2,24,25,26,27,30)/t17-,18+. The van der Waals surface area contributed by atoms with Crippen LogP contribution in [0.1, 0.15) is 71.6 Å². The fourth-order valence-corrected chi connectivity index (χ4v) is 5.60. The first-order chi connectivity index (χ1) is 14.6. The Morgan fingerprint density at radius 1 is 0.900 bits per heavy atom. The fourth-order valence-electron chi connectivity index (χ4n) is 5.34. The van der Waals surface area contributed by atoms with Gasteiger partial charge in [0.05, 0.1) is 0 Å². The van der Waals surface area contributed by atoms with E-state index in [-0.39, 0.29) is 0 Å². The minimum absolute atomic E-state index is 0.470.